The van der Waals surface area contributed by atoms with Gasteiger partial charge in [-0.2, -0.15) is 0 Å². The van der Waals surface area contributed by atoms with Crippen LogP contribution in [-0.2, 0) is 24.4 Å². The minimum Gasteiger partial charge on any atom is -0.352 e. The van der Waals surface area contributed by atoms with Crippen molar-refractivity contribution in [2.45, 2.75) is 66.2 Å². The number of rotatable bonds is 9. The van der Waals surface area contributed by atoms with Crippen LogP contribution in [0.25, 0.3) is 11.2 Å². The summed E-state index contributed by atoms with van der Waals surface area (Å²) >= 11 is 0. The van der Waals surface area contributed by atoms with Crippen LogP contribution >= 0.6 is 0 Å². The van der Waals surface area contributed by atoms with Gasteiger partial charge in [-0.25, -0.2) is 14.3 Å². The van der Waals surface area contributed by atoms with Gasteiger partial charge in [0.25, 0.3) is 5.56 Å². The summed E-state index contributed by atoms with van der Waals surface area (Å²) < 4.78 is 4.30. The van der Waals surface area contributed by atoms with Crippen LogP contribution in [-0.4, -0.2) is 30.6 Å². The van der Waals surface area contributed by atoms with Crippen LogP contribution in [0.3, 0.4) is 0 Å². The van der Waals surface area contributed by atoms with Gasteiger partial charge in [-0.15, -0.1) is 0 Å². The Hall–Kier alpha value is -3.16. The predicted octanol–water partition coefficient (Wildman–Crippen LogP) is 2.37. The van der Waals surface area contributed by atoms with Crippen molar-refractivity contribution in [2.75, 3.05) is 0 Å². The number of fused-ring (bicyclic) bond motifs is 1. The van der Waals surface area contributed by atoms with E-state index in [1.165, 1.54) is 4.57 Å². The largest absolute Gasteiger partial charge is 0.352 e. The molecule has 0 spiro atoms. The molecule has 0 saturated heterocycles. The fraction of sp³-hybridized carbons (Fsp3) is 0.478. The molecule has 3 rings (SSSR count). The lowest BCUT2D eigenvalue weighted by atomic mass is 10.1. The van der Waals surface area contributed by atoms with E-state index < -0.39 is 11.2 Å². The number of imidazole rings is 1. The van der Waals surface area contributed by atoms with E-state index in [1.54, 1.807) is 10.9 Å². The second kappa shape index (κ2) is 9.76. The Bertz CT molecular complexity index is 1160. The number of nitrogens with zero attached hydrogens (tertiary/aromatic N) is 4. The quantitative estimate of drug-likeness (QED) is 0.570. The number of benzene rings is 1. The van der Waals surface area contributed by atoms with E-state index >= 15 is 0 Å². The highest BCUT2D eigenvalue weighted by molar-refractivity contribution is 5.77. The average molecular weight is 426 g/mol. The molecule has 0 fully saturated rings. The minimum atomic E-state index is -0.533. The second-order valence-corrected chi connectivity index (χ2v) is 8.42. The first-order valence-corrected chi connectivity index (χ1v) is 10.8. The molecule has 31 heavy (non-hydrogen) atoms. The van der Waals surface area contributed by atoms with E-state index in [0.29, 0.717) is 23.6 Å². The van der Waals surface area contributed by atoms with Gasteiger partial charge in [0, 0.05) is 12.6 Å². The van der Waals surface area contributed by atoms with E-state index in [0.717, 1.165) is 23.0 Å². The third-order valence-electron chi connectivity index (χ3n) is 5.44. The summed E-state index contributed by atoms with van der Waals surface area (Å²) in [6.45, 7) is 8.64. The van der Waals surface area contributed by atoms with Crippen LogP contribution in [0, 0.1) is 5.92 Å². The van der Waals surface area contributed by atoms with E-state index in [1.807, 2.05) is 44.2 Å². The Morgan fingerprint density at radius 1 is 1.10 bits per heavy atom. The molecule has 1 N–H and O–H groups in total. The van der Waals surface area contributed by atoms with Crippen LogP contribution in [0.1, 0.15) is 46.1 Å². The summed E-state index contributed by atoms with van der Waals surface area (Å²) in [4.78, 5) is 43.4. The predicted molar refractivity (Wildman–Crippen MR) is 121 cm³/mol. The number of aryl methyl sites for hydroxylation is 1. The molecule has 1 amide bonds. The Morgan fingerprint density at radius 2 is 1.81 bits per heavy atom. The first-order valence-electron chi connectivity index (χ1n) is 10.8. The number of amides is 1. The van der Waals surface area contributed by atoms with Crippen molar-refractivity contribution in [1.29, 1.82) is 0 Å². The summed E-state index contributed by atoms with van der Waals surface area (Å²) in [5, 5.41) is 2.83. The van der Waals surface area contributed by atoms with E-state index in [-0.39, 0.29) is 25.0 Å². The molecule has 0 saturated carbocycles. The van der Waals surface area contributed by atoms with Crippen molar-refractivity contribution in [3.8, 4) is 0 Å². The molecule has 0 aliphatic carbocycles. The van der Waals surface area contributed by atoms with Crippen LogP contribution in [0.5, 0.6) is 0 Å². The average Bonchev–Trinajstić information content (AvgIpc) is 3.17. The Balaban J connectivity index is 2.12. The lowest BCUT2D eigenvalue weighted by Crippen LogP contribution is -2.45. The fourth-order valence-corrected chi connectivity index (χ4v) is 3.42. The maximum atomic E-state index is 13.3. The molecule has 1 aromatic carbocycles. The molecular formula is C23H31N5O3. The standard InChI is InChI=1S/C23H31N5O3/c1-5-17(4)25-19(29)14-28-22(30)20-21(24-15-26(20)12-11-16(2)3)27(23(28)31)13-18-9-7-6-8-10-18/h6-10,15-17H,5,11-14H2,1-4H3,(H,25,29)/t17-/m0/s1. The van der Waals surface area contributed by atoms with Crippen molar-refractivity contribution in [3.05, 3.63) is 63.1 Å². The molecule has 0 aliphatic heterocycles. The molecule has 166 valence electrons. The number of hydrogen-bond acceptors (Lipinski definition) is 4. The SMILES string of the molecule is CC[C@H](C)NC(=O)Cn1c(=O)c2c(ncn2CCC(C)C)n(Cc2ccccc2)c1=O. The summed E-state index contributed by atoms with van der Waals surface area (Å²) in [5.41, 5.74) is 0.602. The van der Waals surface area contributed by atoms with Crippen LogP contribution in [0.2, 0.25) is 0 Å². The number of aromatic nitrogens is 4. The van der Waals surface area contributed by atoms with Crippen LogP contribution in [0.15, 0.2) is 46.2 Å². The topological polar surface area (TPSA) is 90.9 Å². The van der Waals surface area contributed by atoms with Gasteiger partial charge in [-0.3, -0.25) is 14.2 Å². The summed E-state index contributed by atoms with van der Waals surface area (Å²) in [5.74, 6) is 0.101. The highest BCUT2D eigenvalue weighted by Gasteiger charge is 2.20. The maximum Gasteiger partial charge on any atom is 0.333 e. The summed E-state index contributed by atoms with van der Waals surface area (Å²) in [6.07, 6.45) is 3.25. The zero-order chi connectivity index (χ0) is 22.5. The zero-order valence-electron chi connectivity index (χ0n) is 18.7. The van der Waals surface area contributed by atoms with Crippen molar-refractivity contribution >= 4 is 17.1 Å². The minimum absolute atomic E-state index is 0.0324. The fourth-order valence-electron chi connectivity index (χ4n) is 3.42. The number of carbonyl (C=O) groups is 1. The lowest BCUT2D eigenvalue weighted by molar-refractivity contribution is -0.122. The highest BCUT2D eigenvalue weighted by atomic mass is 16.2. The third kappa shape index (κ3) is 5.13. The Morgan fingerprint density at radius 3 is 2.45 bits per heavy atom. The van der Waals surface area contributed by atoms with Gasteiger partial charge in [0.2, 0.25) is 5.91 Å². The van der Waals surface area contributed by atoms with Gasteiger partial charge in [-0.05, 0) is 31.2 Å². The molecule has 8 heteroatoms. The molecule has 0 unspecified atom stereocenters. The summed E-state index contributed by atoms with van der Waals surface area (Å²) in [7, 11) is 0. The molecule has 8 nitrogen and oxygen atoms in total. The molecule has 3 aromatic rings. The number of carbonyl (C=O) groups excluding carboxylic acids is 1. The maximum absolute atomic E-state index is 13.3. The molecule has 2 aromatic heterocycles. The first-order chi connectivity index (χ1) is 14.8. The van der Waals surface area contributed by atoms with E-state index in [4.69, 9.17) is 0 Å². The molecule has 2 heterocycles. The van der Waals surface area contributed by atoms with Crippen molar-refractivity contribution in [3.63, 3.8) is 0 Å². The van der Waals surface area contributed by atoms with Crippen molar-refractivity contribution in [1.82, 2.24) is 24.0 Å². The van der Waals surface area contributed by atoms with Gasteiger partial charge < -0.3 is 9.88 Å². The van der Waals surface area contributed by atoms with Crippen LogP contribution in [0.4, 0.5) is 0 Å². The van der Waals surface area contributed by atoms with Gasteiger partial charge in [0.15, 0.2) is 11.2 Å². The third-order valence-corrected chi connectivity index (χ3v) is 5.44. The van der Waals surface area contributed by atoms with Gasteiger partial charge in [-0.1, -0.05) is 51.1 Å². The van der Waals surface area contributed by atoms with Crippen molar-refractivity contribution in [2.24, 2.45) is 5.92 Å². The second-order valence-electron chi connectivity index (χ2n) is 8.42. The molecular weight excluding hydrogens is 394 g/mol. The molecule has 0 bridgehead atoms. The van der Waals surface area contributed by atoms with E-state index in [9.17, 15) is 14.4 Å². The number of hydrogen-bond donors (Lipinski definition) is 1. The van der Waals surface area contributed by atoms with Gasteiger partial charge in [0.1, 0.15) is 6.54 Å². The van der Waals surface area contributed by atoms with Gasteiger partial charge in [0.05, 0.1) is 12.9 Å². The zero-order valence-corrected chi connectivity index (χ0v) is 18.7. The highest BCUT2D eigenvalue weighted by Crippen LogP contribution is 2.12. The molecule has 1 atom stereocenters. The number of nitrogens with one attached hydrogen (secondary N) is 1. The molecule has 0 aliphatic rings. The van der Waals surface area contributed by atoms with E-state index in [2.05, 4.69) is 24.1 Å². The smallest absolute Gasteiger partial charge is 0.333 e. The monoisotopic (exact) mass is 425 g/mol. The normalized spacial score (nSPS) is 12.4. The van der Waals surface area contributed by atoms with Gasteiger partial charge >= 0.3 is 5.69 Å². The Labute approximate surface area is 181 Å². The lowest BCUT2D eigenvalue weighted by Gasteiger charge is -2.15. The van der Waals surface area contributed by atoms with Crippen LogP contribution < -0.4 is 16.6 Å². The summed E-state index contributed by atoms with van der Waals surface area (Å²) in [6, 6.07) is 9.50. The molecule has 0 radical (unpaired) electrons. The van der Waals surface area contributed by atoms with Crippen molar-refractivity contribution < 1.29 is 4.79 Å². The Kier molecular flexibility index (Phi) is 7.09. The first kappa shape index (κ1) is 22.5.